The molecule has 0 aliphatic carbocycles. The number of rotatable bonds is 3. The van der Waals surface area contributed by atoms with E-state index in [-0.39, 0.29) is 5.97 Å². The fourth-order valence-corrected chi connectivity index (χ4v) is 3.52. The largest absolute Gasteiger partial charge is 0.465 e. The van der Waals surface area contributed by atoms with Crippen molar-refractivity contribution in [1.29, 1.82) is 0 Å². The number of aromatic nitrogens is 2. The molecule has 0 N–H and O–H groups in total. The molecule has 1 aromatic heterocycles. The van der Waals surface area contributed by atoms with Crippen molar-refractivity contribution in [2.75, 3.05) is 18.6 Å². The molecule has 3 aromatic rings. The van der Waals surface area contributed by atoms with E-state index in [0.717, 1.165) is 36.4 Å². The summed E-state index contributed by atoms with van der Waals surface area (Å²) < 4.78 is 6.89. The van der Waals surface area contributed by atoms with Crippen LogP contribution in [0, 0.1) is 6.92 Å². The number of carbonyl (C=O) groups is 1. The molecule has 2 aromatic carbocycles. The van der Waals surface area contributed by atoms with E-state index in [4.69, 9.17) is 4.74 Å². The lowest BCUT2D eigenvalue weighted by atomic mass is 10.0. The van der Waals surface area contributed by atoms with Gasteiger partial charge in [0.05, 0.1) is 30.3 Å². The maximum absolute atomic E-state index is 11.9. The van der Waals surface area contributed by atoms with Crippen molar-refractivity contribution in [2.45, 2.75) is 19.9 Å². The standard InChI is InChI=1S/C21H21N3O2/c1-15-8-9-16(21(25)26-2)12-20(15)23-11-10-19-17(14-23)13-22-24(19)18-6-4-3-5-7-18/h3-9,12-13H,10-11,14H2,1-2H3. The Morgan fingerprint density at radius 3 is 2.73 bits per heavy atom. The molecule has 0 radical (unpaired) electrons. The second-order valence-electron chi connectivity index (χ2n) is 6.53. The summed E-state index contributed by atoms with van der Waals surface area (Å²) in [4.78, 5) is 14.2. The highest BCUT2D eigenvalue weighted by atomic mass is 16.5. The van der Waals surface area contributed by atoms with E-state index in [1.165, 1.54) is 18.4 Å². The monoisotopic (exact) mass is 347 g/mol. The molecule has 0 atom stereocenters. The molecule has 2 heterocycles. The van der Waals surface area contributed by atoms with E-state index in [9.17, 15) is 4.79 Å². The third-order valence-corrected chi connectivity index (χ3v) is 4.91. The summed E-state index contributed by atoms with van der Waals surface area (Å²) in [5.74, 6) is -0.305. The second kappa shape index (κ2) is 6.67. The van der Waals surface area contributed by atoms with Crippen molar-refractivity contribution in [3.05, 3.63) is 77.1 Å². The number of hydrogen-bond donors (Lipinski definition) is 0. The van der Waals surface area contributed by atoms with Gasteiger partial charge in [0.2, 0.25) is 0 Å². The molecule has 0 amide bonds. The van der Waals surface area contributed by atoms with Gasteiger partial charge in [0, 0.05) is 30.8 Å². The summed E-state index contributed by atoms with van der Waals surface area (Å²) in [6.45, 7) is 3.74. The van der Waals surface area contributed by atoms with Gasteiger partial charge in [0.15, 0.2) is 0 Å². The molecule has 1 aliphatic heterocycles. The van der Waals surface area contributed by atoms with Crippen LogP contribution in [-0.4, -0.2) is 29.4 Å². The maximum atomic E-state index is 11.9. The SMILES string of the molecule is COC(=O)c1ccc(C)c(N2CCc3c(cnn3-c3ccccc3)C2)c1. The molecular weight excluding hydrogens is 326 g/mol. The first-order valence-corrected chi connectivity index (χ1v) is 8.72. The van der Waals surface area contributed by atoms with Crippen molar-refractivity contribution >= 4 is 11.7 Å². The van der Waals surface area contributed by atoms with Gasteiger partial charge in [-0.15, -0.1) is 0 Å². The first-order chi connectivity index (χ1) is 12.7. The molecule has 0 fully saturated rings. The molecule has 0 spiro atoms. The minimum absolute atomic E-state index is 0.305. The quantitative estimate of drug-likeness (QED) is 0.680. The van der Waals surface area contributed by atoms with Crippen LogP contribution >= 0.6 is 0 Å². The van der Waals surface area contributed by atoms with Crippen LogP contribution in [0.5, 0.6) is 0 Å². The van der Waals surface area contributed by atoms with Crippen molar-refractivity contribution in [3.63, 3.8) is 0 Å². The third-order valence-electron chi connectivity index (χ3n) is 4.91. The molecule has 5 nitrogen and oxygen atoms in total. The van der Waals surface area contributed by atoms with E-state index >= 15 is 0 Å². The van der Waals surface area contributed by atoms with Gasteiger partial charge in [-0.25, -0.2) is 9.48 Å². The van der Waals surface area contributed by atoms with E-state index in [1.54, 1.807) is 0 Å². The molecule has 4 rings (SSSR count). The van der Waals surface area contributed by atoms with Crippen LogP contribution in [0.3, 0.4) is 0 Å². The number of hydrogen-bond acceptors (Lipinski definition) is 4. The summed E-state index contributed by atoms with van der Waals surface area (Å²) in [6, 6.07) is 15.9. The summed E-state index contributed by atoms with van der Waals surface area (Å²) >= 11 is 0. The Hall–Kier alpha value is -3.08. The highest BCUT2D eigenvalue weighted by Gasteiger charge is 2.23. The molecule has 132 valence electrons. The van der Waals surface area contributed by atoms with E-state index in [1.807, 2.05) is 47.3 Å². The lowest BCUT2D eigenvalue weighted by Gasteiger charge is -2.31. The number of fused-ring (bicyclic) bond motifs is 1. The molecular formula is C21H21N3O2. The van der Waals surface area contributed by atoms with E-state index < -0.39 is 0 Å². The van der Waals surface area contributed by atoms with Crippen LogP contribution < -0.4 is 4.90 Å². The molecule has 1 aliphatic rings. The van der Waals surface area contributed by atoms with Gasteiger partial charge in [-0.3, -0.25) is 0 Å². The summed E-state index contributed by atoms with van der Waals surface area (Å²) in [6.07, 6.45) is 2.86. The lowest BCUT2D eigenvalue weighted by Crippen LogP contribution is -2.31. The van der Waals surface area contributed by atoms with Crippen LogP contribution in [0.2, 0.25) is 0 Å². The summed E-state index contributed by atoms with van der Waals surface area (Å²) in [5.41, 5.74) is 6.38. The minimum Gasteiger partial charge on any atom is -0.465 e. The first kappa shape index (κ1) is 16.4. The van der Waals surface area contributed by atoms with Crippen molar-refractivity contribution in [2.24, 2.45) is 0 Å². The average molecular weight is 347 g/mol. The van der Waals surface area contributed by atoms with Crippen molar-refractivity contribution < 1.29 is 9.53 Å². The molecule has 0 unspecified atom stereocenters. The van der Waals surface area contributed by atoms with Crippen LogP contribution in [-0.2, 0) is 17.7 Å². The smallest absolute Gasteiger partial charge is 0.337 e. The van der Waals surface area contributed by atoms with E-state index in [2.05, 4.69) is 29.1 Å². The number of esters is 1. The molecule has 5 heteroatoms. The van der Waals surface area contributed by atoms with Crippen molar-refractivity contribution in [3.8, 4) is 5.69 Å². The Balaban J connectivity index is 1.64. The predicted molar refractivity (Wildman–Crippen MR) is 101 cm³/mol. The number of benzene rings is 2. The number of nitrogens with zero attached hydrogens (tertiary/aromatic N) is 3. The Labute approximate surface area is 152 Å². The van der Waals surface area contributed by atoms with Gasteiger partial charge in [0.25, 0.3) is 0 Å². The first-order valence-electron chi connectivity index (χ1n) is 8.72. The molecule has 26 heavy (non-hydrogen) atoms. The molecule has 0 saturated heterocycles. The predicted octanol–water partition coefficient (Wildman–Crippen LogP) is 3.53. The fourth-order valence-electron chi connectivity index (χ4n) is 3.52. The van der Waals surface area contributed by atoms with Gasteiger partial charge in [-0.2, -0.15) is 5.10 Å². The lowest BCUT2D eigenvalue weighted by molar-refractivity contribution is 0.0601. The number of methoxy groups -OCH3 is 1. The summed E-state index contributed by atoms with van der Waals surface area (Å²) in [5, 5.41) is 4.59. The van der Waals surface area contributed by atoms with Gasteiger partial charge in [0.1, 0.15) is 0 Å². The van der Waals surface area contributed by atoms with Crippen LogP contribution in [0.15, 0.2) is 54.7 Å². The fraction of sp³-hybridized carbons (Fsp3) is 0.238. The Morgan fingerprint density at radius 1 is 1.15 bits per heavy atom. The summed E-state index contributed by atoms with van der Waals surface area (Å²) in [7, 11) is 1.41. The second-order valence-corrected chi connectivity index (χ2v) is 6.53. The van der Waals surface area contributed by atoms with E-state index in [0.29, 0.717) is 5.56 Å². The Bertz CT molecular complexity index is 947. The van der Waals surface area contributed by atoms with Gasteiger partial charge >= 0.3 is 5.97 Å². The normalized spacial score (nSPS) is 13.4. The third kappa shape index (κ3) is 2.86. The maximum Gasteiger partial charge on any atom is 0.337 e. The van der Waals surface area contributed by atoms with Crippen LogP contribution in [0.25, 0.3) is 5.69 Å². The zero-order valence-corrected chi connectivity index (χ0v) is 15.0. The zero-order chi connectivity index (χ0) is 18.1. The Morgan fingerprint density at radius 2 is 1.96 bits per heavy atom. The highest BCUT2D eigenvalue weighted by molar-refractivity contribution is 5.90. The number of ether oxygens (including phenoxy) is 1. The number of carbonyl (C=O) groups excluding carboxylic acids is 1. The number of para-hydroxylation sites is 1. The molecule has 0 bridgehead atoms. The molecule has 0 saturated carbocycles. The number of aryl methyl sites for hydroxylation is 1. The van der Waals surface area contributed by atoms with Crippen LogP contribution in [0.4, 0.5) is 5.69 Å². The van der Waals surface area contributed by atoms with Gasteiger partial charge in [-0.1, -0.05) is 24.3 Å². The van der Waals surface area contributed by atoms with Crippen molar-refractivity contribution in [1.82, 2.24) is 9.78 Å². The highest BCUT2D eigenvalue weighted by Crippen LogP contribution is 2.29. The minimum atomic E-state index is -0.305. The zero-order valence-electron chi connectivity index (χ0n) is 15.0. The van der Waals surface area contributed by atoms with Gasteiger partial charge in [-0.05, 0) is 36.8 Å². The average Bonchev–Trinajstić information content (AvgIpc) is 3.11. The van der Waals surface area contributed by atoms with Crippen LogP contribution in [0.1, 0.15) is 27.2 Å². The Kier molecular flexibility index (Phi) is 4.21. The topological polar surface area (TPSA) is 47.4 Å². The number of anilines is 1. The van der Waals surface area contributed by atoms with Gasteiger partial charge < -0.3 is 9.64 Å².